The zero-order valence-corrected chi connectivity index (χ0v) is 17.2. The molecule has 30 heavy (non-hydrogen) atoms. The number of para-hydroxylation sites is 1. The van der Waals surface area contributed by atoms with Crippen LogP contribution >= 0.6 is 11.8 Å². The molecule has 156 valence electrons. The zero-order chi connectivity index (χ0) is 20.9. The minimum Gasteiger partial charge on any atom is -0.435 e. The number of thioether (sulfide) groups is 1. The van der Waals surface area contributed by atoms with Crippen molar-refractivity contribution in [2.45, 2.75) is 44.8 Å². The van der Waals surface area contributed by atoms with Crippen LogP contribution in [0.25, 0.3) is 6.08 Å². The van der Waals surface area contributed by atoms with Gasteiger partial charge in [0.2, 0.25) is 0 Å². The van der Waals surface area contributed by atoms with Crippen LogP contribution in [0.4, 0.5) is 14.5 Å². The number of amidine groups is 1. The van der Waals surface area contributed by atoms with E-state index in [1.807, 2.05) is 35.2 Å². The van der Waals surface area contributed by atoms with Crippen LogP contribution in [0.15, 0.2) is 64.5 Å². The second kappa shape index (κ2) is 9.43. The van der Waals surface area contributed by atoms with Crippen LogP contribution in [-0.4, -0.2) is 28.6 Å². The predicted molar refractivity (Wildman–Crippen MR) is 116 cm³/mol. The molecule has 2 aromatic carbocycles. The number of rotatable bonds is 5. The molecule has 2 aromatic rings. The smallest absolute Gasteiger partial charge is 0.387 e. The molecule has 2 fully saturated rings. The number of hydrogen-bond acceptors (Lipinski definition) is 4. The Bertz CT molecular complexity index is 939. The summed E-state index contributed by atoms with van der Waals surface area (Å²) >= 11 is 1.36. The zero-order valence-electron chi connectivity index (χ0n) is 16.3. The van der Waals surface area contributed by atoms with Crippen LogP contribution in [0.3, 0.4) is 0 Å². The maximum atomic E-state index is 13.3. The van der Waals surface area contributed by atoms with Gasteiger partial charge in [0, 0.05) is 6.04 Å². The van der Waals surface area contributed by atoms with Crippen LogP contribution in [-0.2, 0) is 4.79 Å². The summed E-state index contributed by atoms with van der Waals surface area (Å²) in [5.41, 5.74) is 1.56. The molecule has 0 bridgehead atoms. The van der Waals surface area contributed by atoms with Gasteiger partial charge in [-0.2, -0.15) is 8.78 Å². The number of carbonyl (C=O) groups excluding carboxylic acids is 1. The van der Waals surface area contributed by atoms with Crippen molar-refractivity contribution in [3.63, 3.8) is 0 Å². The normalized spacial score (nSPS) is 20.5. The van der Waals surface area contributed by atoms with Crippen LogP contribution in [0.2, 0.25) is 0 Å². The van der Waals surface area contributed by atoms with E-state index in [1.54, 1.807) is 18.2 Å². The lowest BCUT2D eigenvalue weighted by atomic mass is 9.94. The molecular weight excluding hydrogens is 406 g/mol. The van der Waals surface area contributed by atoms with Crippen LogP contribution < -0.4 is 4.74 Å². The average Bonchev–Trinajstić information content (AvgIpc) is 3.05. The van der Waals surface area contributed by atoms with E-state index < -0.39 is 6.61 Å². The fourth-order valence-corrected chi connectivity index (χ4v) is 4.79. The summed E-state index contributed by atoms with van der Waals surface area (Å²) in [7, 11) is 0. The van der Waals surface area contributed by atoms with E-state index in [-0.39, 0.29) is 17.7 Å². The summed E-state index contributed by atoms with van der Waals surface area (Å²) in [6.07, 6.45) is 7.17. The fraction of sp³-hybridized carbons (Fsp3) is 0.304. The van der Waals surface area contributed by atoms with Crippen molar-refractivity contribution < 1.29 is 18.3 Å². The number of benzene rings is 2. The standard InChI is InChI=1S/C23H22F2N2O2S/c24-22(25)29-19-13-11-16(12-14-19)15-20-21(28)27(18-9-5-2-6-10-18)23(30-20)26-17-7-3-1-4-8-17/h1,3-4,7-8,11-15,18,22H,2,5-6,9-10H2/b20-15+,26-23?. The molecule has 0 aromatic heterocycles. The summed E-state index contributed by atoms with van der Waals surface area (Å²) < 4.78 is 29.1. The highest BCUT2D eigenvalue weighted by Crippen LogP contribution is 2.38. The molecule has 4 rings (SSSR count). The fourth-order valence-electron chi connectivity index (χ4n) is 3.74. The Morgan fingerprint density at radius 3 is 2.40 bits per heavy atom. The SMILES string of the molecule is O=C1/C(=C\c2ccc(OC(F)F)cc2)SC(=Nc2ccccc2)N1C1CCCCC1. The minimum atomic E-state index is -2.86. The third-order valence-electron chi connectivity index (χ3n) is 5.16. The monoisotopic (exact) mass is 428 g/mol. The van der Waals surface area contributed by atoms with Gasteiger partial charge in [-0.3, -0.25) is 9.69 Å². The van der Waals surface area contributed by atoms with Crippen molar-refractivity contribution >= 4 is 34.6 Å². The second-order valence-corrected chi connectivity index (χ2v) is 8.26. The highest BCUT2D eigenvalue weighted by atomic mass is 32.2. The quantitative estimate of drug-likeness (QED) is 0.531. The van der Waals surface area contributed by atoms with Gasteiger partial charge in [0.05, 0.1) is 10.6 Å². The highest BCUT2D eigenvalue weighted by Gasteiger charge is 2.38. The topological polar surface area (TPSA) is 41.9 Å². The third kappa shape index (κ3) is 4.90. The van der Waals surface area contributed by atoms with E-state index in [4.69, 9.17) is 4.99 Å². The Balaban J connectivity index is 1.62. The molecule has 0 N–H and O–H groups in total. The van der Waals surface area contributed by atoms with Gasteiger partial charge in [-0.1, -0.05) is 49.6 Å². The Kier molecular flexibility index (Phi) is 6.47. The Hall–Kier alpha value is -2.67. The van der Waals surface area contributed by atoms with E-state index in [0.717, 1.165) is 36.9 Å². The van der Waals surface area contributed by atoms with Gasteiger partial charge < -0.3 is 4.74 Å². The van der Waals surface area contributed by atoms with Gasteiger partial charge in [0.25, 0.3) is 5.91 Å². The largest absolute Gasteiger partial charge is 0.435 e. The Morgan fingerprint density at radius 2 is 1.73 bits per heavy atom. The number of hydrogen-bond donors (Lipinski definition) is 0. The summed E-state index contributed by atoms with van der Waals surface area (Å²) in [5.74, 6) is 0.0437. The minimum absolute atomic E-state index is 0.0468. The molecule has 2 aliphatic rings. The van der Waals surface area contributed by atoms with E-state index >= 15 is 0 Å². The van der Waals surface area contributed by atoms with E-state index in [2.05, 4.69) is 4.74 Å². The first kappa shape index (κ1) is 20.6. The number of aliphatic imine (C=N–C) groups is 1. The molecule has 1 aliphatic heterocycles. The molecular formula is C23H22F2N2O2S. The Morgan fingerprint density at radius 1 is 1.03 bits per heavy atom. The lowest BCUT2D eigenvalue weighted by Crippen LogP contribution is -2.40. The van der Waals surface area contributed by atoms with Crippen molar-refractivity contribution in [1.29, 1.82) is 0 Å². The summed E-state index contributed by atoms with van der Waals surface area (Å²) in [6.45, 7) is -2.86. The molecule has 1 heterocycles. The summed E-state index contributed by atoms with van der Waals surface area (Å²) in [6, 6.07) is 16.0. The molecule has 1 aliphatic carbocycles. The van der Waals surface area contributed by atoms with Crippen molar-refractivity contribution in [2.24, 2.45) is 4.99 Å². The van der Waals surface area contributed by atoms with E-state index in [0.29, 0.717) is 10.1 Å². The summed E-state index contributed by atoms with van der Waals surface area (Å²) in [5, 5.41) is 0.696. The number of halogens is 2. The molecule has 4 nitrogen and oxygen atoms in total. The van der Waals surface area contributed by atoms with Crippen LogP contribution in [0.5, 0.6) is 5.75 Å². The van der Waals surface area contributed by atoms with Gasteiger partial charge in [0.15, 0.2) is 5.17 Å². The van der Waals surface area contributed by atoms with Crippen molar-refractivity contribution in [2.75, 3.05) is 0 Å². The van der Waals surface area contributed by atoms with Crippen molar-refractivity contribution in [1.82, 2.24) is 4.90 Å². The number of carbonyl (C=O) groups is 1. The number of amides is 1. The number of alkyl halides is 2. The van der Waals surface area contributed by atoms with Gasteiger partial charge in [-0.25, -0.2) is 4.99 Å². The molecule has 1 saturated carbocycles. The van der Waals surface area contributed by atoms with Gasteiger partial charge >= 0.3 is 6.61 Å². The lowest BCUT2D eigenvalue weighted by Gasteiger charge is -2.30. The van der Waals surface area contributed by atoms with Gasteiger partial charge in [-0.15, -0.1) is 0 Å². The Labute approximate surface area is 178 Å². The van der Waals surface area contributed by atoms with Crippen LogP contribution in [0, 0.1) is 0 Å². The predicted octanol–water partition coefficient (Wildman–Crippen LogP) is 6.22. The lowest BCUT2D eigenvalue weighted by molar-refractivity contribution is -0.124. The maximum absolute atomic E-state index is 13.3. The summed E-state index contributed by atoms with van der Waals surface area (Å²) in [4.78, 5) is 20.4. The first-order chi connectivity index (χ1) is 14.6. The number of ether oxygens (including phenoxy) is 1. The molecule has 0 radical (unpaired) electrons. The molecule has 1 saturated heterocycles. The van der Waals surface area contributed by atoms with E-state index in [1.165, 1.54) is 30.3 Å². The van der Waals surface area contributed by atoms with Crippen molar-refractivity contribution in [3.8, 4) is 5.75 Å². The number of nitrogens with zero attached hydrogens (tertiary/aromatic N) is 2. The third-order valence-corrected chi connectivity index (χ3v) is 6.14. The molecule has 1 amide bonds. The van der Waals surface area contributed by atoms with Gasteiger partial charge in [-0.05, 0) is 60.5 Å². The average molecular weight is 429 g/mol. The molecule has 0 spiro atoms. The molecule has 0 atom stereocenters. The maximum Gasteiger partial charge on any atom is 0.387 e. The molecule has 7 heteroatoms. The van der Waals surface area contributed by atoms with Gasteiger partial charge in [0.1, 0.15) is 5.75 Å². The van der Waals surface area contributed by atoms with Crippen LogP contribution in [0.1, 0.15) is 37.7 Å². The first-order valence-electron chi connectivity index (χ1n) is 10.0. The molecule has 0 unspecified atom stereocenters. The highest BCUT2D eigenvalue weighted by molar-refractivity contribution is 8.18. The van der Waals surface area contributed by atoms with Crippen molar-refractivity contribution in [3.05, 3.63) is 65.1 Å². The first-order valence-corrected chi connectivity index (χ1v) is 10.8. The van der Waals surface area contributed by atoms with E-state index in [9.17, 15) is 13.6 Å². The second-order valence-electron chi connectivity index (χ2n) is 7.26.